The fourth-order valence-electron chi connectivity index (χ4n) is 11.0. The number of anilines is 2. The summed E-state index contributed by atoms with van der Waals surface area (Å²) < 4.78 is 100. The maximum atomic E-state index is 14.2. The number of nitrogens with two attached hydrogens (primary N) is 2. The third-order valence-electron chi connectivity index (χ3n) is 15.0. The van der Waals surface area contributed by atoms with Crippen molar-refractivity contribution in [1.29, 1.82) is 0 Å². The third-order valence-corrected chi connectivity index (χ3v) is 15.0. The van der Waals surface area contributed by atoms with Gasteiger partial charge in [0.05, 0.1) is 55.5 Å². The van der Waals surface area contributed by atoms with Crippen LogP contribution >= 0.6 is 0 Å². The van der Waals surface area contributed by atoms with E-state index in [1.165, 1.54) is 12.1 Å². The summed E-state index contributed by atoms with van der Waals surface area (Å²) >= 11 is 0. The molecule has 5 aliphatic rings. The number of cyclic esters (lactones) is 8. The fourth-order valence-corrected chi connectivity index (χ4v) is 11.0. The van der Waals surface area contributed by atoms with Crippen molar-refractivity contribution in [3.05, 3.63) is 247 Å². The first-order valence-electron chi connectivity index (χ1n) is 24.6. The van der Waals surface area contributed by atoms with Crippen LogP contribution in [0.4, 0.5) is 37.7 Å². The van der Waals surface area contributed by atoms with Gasteiger partial charge in [0.2, 0.25) is 0 Å². The number of ether oxygens (including phenoxy) is 4. The Morgan fingerprint density at radius 3 is 1.10 bits per heavy atom. The number of nitrogen functional groups attached to an aromatic ring is 2. The van der Waals surface area contributed by atoms with Gasteiger partial charge in [-0.3, -0.25) is 0 Å². The molecule has 0 saturated heterocycles. The lowest BCUT2D eigenvalue weighted by Crippen LogP contribution is -2.41. The molecule has 0 radical (unpaired) electrons. The van der Waals surface area contributed by atoms with Crippen molar-refractivity contribution < 1.29 is 83.6 Å². The number of esters is 8. The summed E-state index contributed by atoms with van der Waals surface area (Å²) in [4.78, 5) is 95.8. The van der Waals surface area contributed by atoms with Crippen molar-refractivity contribution in [2.45, 2.75) is 37.0 Å². The topological polar surface area (TPSA) is 226 Å². The molecule has 4 heterocycles. The molecule has 8 aromatic carbocycles. The Balaban J connectivity index is 0.000000135. The van der Waals surface area contributed by atoms with Crippen LogP contribution in [0.1, 0.15) is 134 Å². The molecule has 408 valence electrons. The Bertz CT molecular complexity index is 4020. The number of alkyl halides is 6. The van der Waals surface area contributed by atoms with E-state index in [0.29, 0.717) is 16.8 Å². The number of aryl methyl sites for hydroxylation is 1. The lowest BCUT2D eigenvalue weighted by molar-refractivity contribution is -0.173. The molecular weight excluding hydrogens is 1080 g/mol. The largest absolute Gasteiger partial charge is 0.417 e. The van der Waals surface area contributed by atoms with Crippen molar-refractivity contribution in [1.82, 2.24) is 0 Å². The van der Waals surface area contributed by atoms with E-state index in [-0.39, 0.29) is 66.9 Å². The summed E-state index contributed by atoms with van der Waals surface area (Å²) in [5.41, 5.74) is 13.5. The SMILES string of the molecule is CC(c1ccc2c(c1)C(=O)OC2=O)(c1ccc2c(c1)C(=O)OC2=O)C(F)(F)F.Cc1cc(N)ccc1-c1ccc(N)cc1C(F)(F)F.O=C1OC(=O)c2cc(C3(c4ccc5c(c4)C(=O)OC5=O)c4ccccc4-c4ccccc43)ccc21. The molecule has 4 N–H and O–H groups in total. The second-order valence-corrected chi connectivity index (χ2v) is 19.6. The van der Waals surface area contributed by atoms with E-state index in [9.17, 15) is 64.7 Å². The van der Waals surface area contributed by atoms with Gasteiger partial charge in [0, 0.05) is 11.4 Å². The van der Waals surface area contributed by atoms with E-state index < -0.39 is 76.5 Å². The van der Waals surface area contributed by atoms with E-state index in [4.69, 9.17) is 20.9 Å². The van der Waals surface area contributed by atoms with Gasteiger partial charge in [0.15, 0.2) is 0 Å². The van der Waals surface area contributed by atoms with Gasteiger partial charge in [-0.2, -0.15) is 26.3 Å². The molecule has 8 aromatic rings. The number of fused-ring (bicyclic) bond motifs is 7. The zero-order valence-corrected chi connectivity index (χ0v) is 42.3. The average Bonchev–Trinajstić information content (AvgIpc) is 2.04. The van der Waals surface area contributed by atoms with Crippen LogP contribution in [0.2, 0.25) is 0 Å². The van der Waals surface area contributed by atoms with Gasteiger partial charge in [0.1, 0.15) is 5.41 Å². The molecule has 4 aliphatic heterocycles. The van der Waals surface area contributed by atoms with Gasteiger partial charge in [0.25, 0.3) is 0 Å². The van der Waals surface area contributed by atoms with E-state index in [1.807, 2.05) is 60.7 Å². The zero-order valence-electron chi connectivity index (χ0n) is 42.3. The molecule has 0 amide bonds. The first-order chi connectivity index (χ1) is 38.8. The average molecular weight is 1110 g/mol. The van der Waals surface area contributed by atoms with Crippen LogP contribution in [0.5, 0.6) is 0 Å². The molecule has 82 heavy (non-hydrogen) atoms. The van der Waals surface area contributed by atoms with Gasteiger partial charge in [-0.25, -0.2) is 38.4 Å². The van der Waals surface area contributed by atoms with Crippen LogP contribution < -0.4 is 11.5 Å². The lowest BCUT2D eigenvalue weighted by atomic mass is 9.67. The second kappa shape index (κ2) is 19.1. The molecule has 14 nitrogen and oxygen atoms in total. The molecule has 1 aliphatic carbocycles. The molecule has 20 heteroatoms. The highest BCUT2D eigenvalue weighted by molar-refractivity contribution is 6.17. The number of hydrogen-bond donors (Lipinski definition) is 2. The van der Waals surface area contributed by atoms with E-state index in [2.05, 4.69) is 9.47 Å². The van der Waals surface area contributed by atoms with Crippen molar-refractivity contribution in [3.63, 3.8) is 0 Å². The normalized spacial score (nSPS) is 15.1. The lowest BCUT2D eigenvalue weighted by Gasteiger charge is -2.34. The summed E-state index contributed by atoms with van der Waals surface area (Å²) in [6.45, 7) is 2.60. The predicted molar refractivity (Wildman–Crippen MR) is 279 cm³/mol. The Kier molecular flexibility index (Phi) is 12.5. The first-order valence-corrected chi connectivity index (χ1v) is 24.6. The number of halogens is 6. The molecule has 0 aromatic heterocycles. The van der Waals surface area contributed by atoms with Crippen LogP contribution in [0, 0.1) is 6.92 Å². The standard InChI is InChI=1S/C29H14O6.C19H9F3O6.C14H13F3N2/c30-25-19-11-9-15(13-21(19)27(32)34-25)29(16-10-12-20-22(14-16)28(33)35-26(20)31)23-7-3-1-5-17(23)18-6-2-4-8-24(18)29;1-18(19(20,21)22,8-2-4-10-12(6-8)16(25)27-14(10)23)9-3-5-11-13(7-9)17(26)28-15(11)24;1-8-6-9(18)2-4-11(8)12-5-3-10(19)7-13(12)14(15,16)17/h1-14H;2-7H,1H3;2-7H,18-19H2,1H3. The van der Waals surface area contributed by atoms with Gasteiger partial charge in [-0.1, -0.05) is 84.9 Å². The monoisotopic (exact) mass is 1110 g/mol. The summed E-state index contributed by atoms with van der Waals surface area (Å²) in [5, 5.41) is 0. The van der Waals surface area contributed by atoms with Crippen molar-refractivity contribution in [2.75, 3.05) is 11.5 Å². The van der Waals surface area contributed by atoms with Crippen molar-refractivity contribution in [3.8, 4) is 22.3 Å². The van der Waals surface area contributed by atoms with Crippen molar-refractivity contribution in [2.24, 2.45) is 0 Å². The second-order valence-electron chi connectivity index (χ2n) is 19.6. The van der Waals surface area contributed by atoms with Crippen molar-refractivity contribution >= 4 is 59.1 Å². The molecule has 0 fully saturated rings. The molecular formula is C62H36F6N2O12. The zero-order chi connectivity index (χ0) is 58.5. The Hall–Kier alpha value is -10.5. The highest BCUT2D eigenvalue weighted by atomic mass is 19.4. The molecule has 0 unspecified atom stereocenters. The highest BCUT2D eigenvalue weighted by Crippen LogP contribution is 2.57. The van der Waals surface area contributed by atoms with Crippen LogP contribution in [0.25, 0.3) is 22.3 Å². The molecule has 0 atom stereocenters. The highest BCUT2D eigenvalue weighted by Gasteiger charge is 2.55. The molecule has 13 rings (SSSR count). The minimum atomic E-state index is -4.84. The Labute approximate surface area is 458 Å². The van der Waals surface area contributed by atoms with Crippen LogP contribution in [-0.2, 0) is 36.0 Å². The van der Waals surface area contributed by atoms with E-state index in [1.54, 1.807) is 49.4 Å². The van der Waals surface area contributed by atoms with Gasteiger partial charge in [-0.05, 0) is 148 Å². The Morgan fingerprint density at radius 2 is 0.707 bits per heavy atom. The first kappa shape index (κ1) is 53.5. The van der Waals surface area contributed by atoms with Gasteiger partial charge < -0.3 is 30.4 Å². The quantitative estimate of drug-likeness (QED) is 0.0538. The fraction of sp³-hybridized carbons (Fsp3) is 0.0968. The maximum absolute atomic E-state index is 14.2. The van der Waals surface area contributed by atoms with E-state index in [0.717, 1.165) is 82.8 Å². The Morgan fingerprint density at radius 1 is 0.366 bits per heavy atom. The minimum absolute atomic E-state index is 0.0872. The van der Waals surface area contributed by atoms with Crippen LogP contribution in [-0.4, -0.2) is 53.9 Å². The number of carbonyl (C=O) groups excluding carboxylic acids is 8. The number of carbonyl (C=O) groups is 8. The minimum Gasteiger partial charge on any atom is -0.399 e. The van der Waals surface area contributed by atoms with Gasteiger partial charge >= 0.3 is 60.1 Å². The van der Waals surface area contributed by atoms with E-state index >= 15 is 0 Å². The third kappa shape index (κ3) is 8.45. The van der Waals surface area contributed by atoms with Crippen LogP contribution in [0.15, 0.2) is 158 Å². The maximum Gasteiger partial charge on any atom is 0.417 e. The summed E-state index contributed by atoms with van der Waals surface area (Å²) in [6.07, 6.45) is -9.28. The molecule has 0 spiro atoms. The summed E-state index contributed by atoms with van der Waals surface area (Å²) in [6, 6.07) is 41.0. The van der Waals surface area contributed by atoms with Crippen LogP contribution in [0.3, 0.4) is 0 Å². The summed E-state index contributed by atoms with van der Waals surface area (Å²) in [5.74, 6) is -6.65. The smallest absolute Gasteiger partial charge is 0.399 e. The number of hydrogen-bond acceptors (Lipinski definition) is 14. The molecule has 0 bridgehead atoms. The van der Waals surface area contributed by atoms with Gasteiger partial charge in [-0.15, -0.1) is 0 Å². The summed E-state index contributed by atoms with van der Waals surface area (Å²) in [7, 11) is 0. The number of rotatable bonds is 5. The molecule has 0 saturated carbocycles. The predicted octanol–water partition coefficient (Wildman–Crippen LogP) is 11.7. The number of benzene rings is 8.